The van der Waals surface area contributed by atoms with E-state index in [4.69, 9.17) is 5.73 Å². The lowest BCUT2D eigenvalue weighted by atomic mass is 9.77. The van der Waals surface area contributed by atoms with Gasteiger partial charge < -0.3 is 11.1 Å². The van der Waals surface area contributed by atoms with E-state index in [2.05, 4.69) is 5.32 Å². The van der Waals surface area contributed by atoms with Gasteiger partial charge in [-0.3, -0.25) is 4.79 Å². The zero-order valence-electron chi connectivity index (χ0n) is 8.92. The van der Waals surface area contributed by atoms with Crippen molar-refractivity contribution in [3.8, 4) is 0 Å². The van der Waals surface area contributed by atoms with Crippen LogP contribution in [0.4, 0.5) is 5.69 Å². The summed E-state index contributed by atoms with van der Waals surface area (Å²) in [6.45, 7) is 1.97. The van der Waals surface area contributed by atoms with Gasteiger partial charge in [-0.05, 0) is 37.8 Å². The van der Waals surface area contributed by atoms with Crippen LogP contribution in [0.5, 0.6) is 0 Å². The van der Waals surface area contributed by atoms with Crippen LogP contribution in [0.2, 0.25) is 0 Å². The van der Waals surface area contributed by atoms with Gasteiger partial charge in [0, 0.05) is 5.69 Å². The van der Waals surface area contributed by atoms with Crippen molar-refractivity contribution in [3.05, 3.63) is 29.8 Å². The van der Waals surface area contributed by atoms with E-state index in [-0.39, 0.29) is 5.91 Å². The molecule has 1 aliphatic carbocycles. The quantitative estimate of drug-likeness (QED) is 0.772. The summed E-state index contributed by atoms with van der Waals surface area (Å²) < 4.78 is 0. The molecule has 0 aromatic heterocycles. The number of nitrogens with two attached hydrogens (primary N) is 1. The number of hydrogen-bond acceptors (Lipinski definition) is 2. The molecule has 1 aromatic rings. The van der Waals surface area contributed by atoms with E-state index in [0.29, 0.717) is 0 Å². The summed E-state index contributed by atoms with van der Waals surface area (Å²) in [4.78, 5) is 11.8. The Kier molecular flexibility index (Phi) is 2.49. The second kappa shape index (κ2) is 3.66. The predicted octanol–water partition coefficient (Wildman–Crippen LogP) is 1.81. The monoisotopic (exact) mass is 204 g/mol. The number of nitrogens with one attached hydrogen (secondary N) is 1. The Hall–Kier alpha value is -1.35. The number of amides is 1. The largest absolute Gasteiger partial charge is 0.324 e. The first kappa shape index (κ1) is 10.2. The first-order valence-corrected chi connectivity index (χ1v) is 5.28. The summed E-state index contributed by atoms with van der Waals surface area (Å²) in [5.74, 6) is -0.0527. The van der Waals surface area contributed by atoms with Gasteiger partial charge >= 0.3 is 0 Å². The second-order valence-electron chi connectivity index (χ2n) is 4.28. The van der Waals surface area contributed by atoms with Gasteiger partial charge in [-0.1, -0.05) is 18.2 Å². The first-order chi connectivity index (χ1) is 7.12. The van der Waals surface area contributed by atoms with E-state index in [1.54, 1.807) is 0 Å². The van der Waals surface area contributed by atoms with Gasteiger partial charge in [0.1, 0.15) is 0 Å². The zero-order chi connectivity index (χ0) is 10.9. The highest BCUT2D eigenvalue weighted by Crippen LogP contribution is 2.30. The molecule has 0 aliphatic heterocycles. The molecule has 3 nitrogen and oxygen atoms in total. The Bertz CT molecular complexity index is 383. The molecule has 0 heterocycles. The normalized spacial score (nSPS) is 18.0. The molecular weight excluding hydrogens is 188 g/mol. The van der Waals surface area contributed by atoms with Crippen LogP contribution in [0.1, 0.15) is 24.8 Å². The molecule has 0 bridgehead atoms. The van der Waals surface area contributed by atoms with Crippen molar-refractivity contribution in [2.75, 3.05) is 5.32 Å². The van der Waals surface area contributed by atoms with Crippen LogP contribution in [0.25, 0.3) is 0 Å². The molecular formula is C12H16N2O. The molecule has 80 valence electrons. The van der Waals surface area contributed by atoms with E-state index in [9.17, 15) is 4.79 Å². The zero-order valence-corrected chi connectivity index (χ0v) is 8.92. The van der Waals surface area contributed by atoms with E-state index in [1.807, 2.05) is 31.2 Å². The average Bonchev–Trinajstić information content (AvgIpc) is 2.18. The van der Waals surface area contributed by atoms with Gasteiger partial charge in [0.2, 0.25) is 5.91 Å². The predicted molar refractivity (Wildman–Crippen MR) is 60.6 cm³/mol. The maximum Gasteiger partial charge on any atom is 0.244 e. The fourth-order valence-corrected chi connectivity index (χ4v) is 1.74. The Morgan fingerprint density at radius 2 is 2.07 bits per heavy atom. The minimum atomic E-state index is -0.623. The van der Waals surface area contributed by atoms with Crippen LogP contribution < -0.4 is 11.1 Å². The molecule has 3 N–H and O–H groups in total. The molecule has 1 aliphatic rings. The molecule has 2 rings (SSSR count). The fourth-order valence-electron chi connectivity index (χ4n) is 1.74. The molecule has 0 atom stereocenters. The first-order valence-electron chi connectivity index (χ1n) is 5.28. The topological polar surface area (TPSA) is 55.1 Å². The summed E-state index contributed by atoms with van der Waals surface area (Å²) >= 11 is 0. The van der Waals surface area contributed by atoms with Crippen LogP contribution >= 0.6 is 0 Å². The average molecular weight is 204 g/mol. The lowest BCUT2D eigenvalue weighted by Gasteiger charge is -2.36. The van der Waals surface area contributed by atoms with Crippen molar-refractivity contribution in [1.29, 1.82) is 0 Å². The minimum absolute atomic E-state index is 0.0527. The Labute approximate surface area is 89.7 Å². The number of para-hydroxylation sites is 1. The highest BCUT2D eigenvalue weighted by molar-refractivity contribution is 5.99. The highest BCUT2D eigenvalue weighted by atomic mass is 16.2. The molecule has 0 radical (unpaired) electrons. The van der Waals surface area contributed by atoms with Crippen LogP contribution in [-0.4, -0.2) is 11.4 Å². The number of carbonyl (C=O) groups excluding carboxylic acids is 1. The lowest BCUT2D eigenvalue weighted by Crippen LogP contribution is -2.56. The molecule has 0 unspecified atom stereocenters. The van der Waals surface area contributed by atoms with Crippen LogP contribution in [-0.2, 0) is 4.79 Å². The number of anilines is 1. The molecule has 1 amide bonds. The van der Waals surface area contributed by atoms with Crippen LogP contribution in [0, 0.1) is 6.92 Å². The Morgan fingerprint density at radius 1 is 1.40 bits per heavy atom. The van der Waals surface area contributed by atoms with Gasteiger partial charge in [0.15, 0.2) is 0 Å². The third-order valence-corrected chi connectivity index (χ3v) is 3.09. The molecule has 0 saturated heterocycles. The summed E-state index contributed by atoms with van der Waals surface area (Å²) in [5, 5.41) is 2.89. The number of rotatable bonds is 2. The van der Waals surface area contributed by atoms with Crippen molar-refractivity contribution in [3.63, 3.8) is 0 Å². The van der Waals surface area contributed by atoms with Gasteiger partial charge in [-0.15, -0.1) is 0 Å². The van der Waals surface area contributed by atoms with E-state index in [1.165, 1.54) is 0 Å². The van der Waals surface area contributed by atoms with Crippen molar-refractivity contribution in [2.24, 2.45) is 5.73 Å². The van der Waals surface area contributed by atoms with E-state index in [0.717, 1.165) is 30.5 Å². The second-order valence-corrected chi connectivity index (χ2v) is 4.28. The number of aryl methyl sites for hydroxylation is 1. The molecule has 0 spiro atoms. The summed E-state index contributed by atoms with van der Waals surface area (Å²) in [6, 6.07) is 7.73. The van der Waals surface area contributed by atoms with Gasteiger partial charge in [-0.2, -0.15) is 0 Å². The highest BCUT2D eigenvalue weighted by Gasteiger charge is 2.40. The summed E-state index contributed by atoms with van der Waals surface area (Å²) in [5.41, 5.74) is 7.23. The SMILES string of the molecule is Cc1ccccc1NC(=O)C1(N)CCC1. The maximum atomic E-state index is 11.8. The van der Waals surface area contributed by atoms with Crippen LogP contribution in [0.3, 0.4) is 0 Å². The van der Waals surface area contributed by atoms with Crippen LogP contribution in [0.15, 0.2) is 24.3 Å². The van der Waals surface area contributed by atoms with Crippen molar-refractivity contribution in [2.45, 2.75) is 31.7 Å². The molecule has 15 heavy (non-hydrogen) atoms. The molecule has 1 aromatic carbocycles. The Morgan fingerprint density at radius 3 is 2.60 bits per heavy atom. The molecule has 1 fully saturated rings. The molecule has 1 saturated carbocycles. The Balaban J connectivity index is 2.09. The maximum absolute atomic E-state index is 11.8. The summed E-state index contributed by atoms with van der Waals surface area (Å²) in [6.07, 6.45) is 2.65. The van der Waals surface area contributed by atoms with Crippen molar-refractivity contribution >= 4 is 11.6 Å². The number of hydrogen-bond donors (Lipinski definition) is 2. The van der Waals surface area contributed by atoms with Gasteiger partial charge in [0.05, 0.1) is 5.54 Å². The van der Waals surface area contributed by atoms with Gasteiger partial charge in [0.25, 0.3) is 0 Å². The van der Waals surface area contributed by atoms with Crippen molar-refractivity contribution in [1.82, 2.24) is 0 Å². The van der Waals surface area contributed by atoms with E-state index >= 15 is 0 Å². The third kappa shape index (κ3) is 1.88. The van der Waals surface area contributed by atoms with Gasteiger partial charge in [-0.25, -0.2) is 0 Å². The smallest absolute Gasteiger partial charge is 0.244 e. The number of benzene rings is 1. The summed E-state index contributed by atoms with van der Waals surface area (Å²) in [7, 11) is 0. The minimum Gasteiger partial charge on any atom is -0.324 e. The molecule has 3 heteroatoms. The lowest BCUT2D eigenvalue weighted by molar-refractivity contribution is -0.123. The standard InChI is InChI=1S/C12H16N2O/c1-9-5-2-3-6-10(9)14-11(15)12(13)7-4-8-12/h2-3,5-6H,4,7-8,13H2,1H3,(H,14,15). The number of carbonyl (C=O) groups is 1. The fraction of sp³-hybridized carbons (Fsp3) is 0.417. The van der Waals surface area contributed by atoms with E-state index < -0.39 is 5.54 Å². The van der Waals surface area contributed by atoms with Crippen molar-refractivity contribution < 1.29 is 4.79 Å². The third-order valence-electron chi connectivity index (χ3n) is 3.09.